The molecule has 0 heterocycles. The van der Waals surface area contributed by atoms with Crippen LogP contribution in [0.4, 0.5) is 0 Å². The second-order valence-corrected chi connectivity index (χ2v) is 4.86. The van der Waals surface area contributed by atoms with Crippen molar-refractivity contribution in [2.45, 2.75) is 34.1 Å². The van der Waals surface area contributed by atoms with Crippen molar-refractivity contribution in [1.29, 1.82) is 0 Å². The molecule has 0 bridgehead atoms. The first-order valence-electron chi connectivity index (χ1n) is 5.91. The Morgan fingerprint density at radius 2 is 2.13 bits per heavy atom. The third-order valence-corrected chi connectivity index (χ3v) is 3.39. The van der Waals surface area contributed by atoms with Gasteiger partial charge in [0.05, 0.1) is 0 Å². The fraction of sp³-hybridized carbons (Fsp3) is 0.643. The van der Waals surface area contributed by atoms with Crippen molar-refractivity contribution < 1.29 is 4.79 Å². The monoisotopic (exact) mass is 206 g/mol. The quantitative estimate of drug-likeness (QED) is 0.509. The highest BCUT2D eigenvalue weighted by Crippen LogP contribution is 2.35. The van der Waals surface area contributed by atoms with E-state index in [0.717, 1.165) is 6.42 Å². The van der Waals surface area contributed by atoms with Crippen molar-refractivity contribution in [3.8, 4) is 0 Å². The van der Waals surface area contributed by atoms with Gasteiger partial charge in [-0.3, -0.25) is 4.79 Å². The van der Waals surface area contributed by atoms with E-state index in [0.29, 0.717) is 23.5 Å². The number of hydrogen-bond acceptors (Lipinski definition) is 1. The first kappa shape index (κ1) is 12.2. The Labute approximate surface area is 93.3 Å². The number of ketones is 1. The molecule has 0 amide bonds. The van der Waals surface area contributed by atoms with E-state index in [9.17, 15) is 4.79 Å². The van der Waals surface area contributed by atoms with Gasteiger partial charge in [-0.2, -0.15) is 0 Å². The van der Waals surface area contributed by atoms with E-state index in [1.165, 1.54) is 0 Å². The number of allylic oxidation sites excluding steroid dienone is 4. The van der Waals surface area contributed by atoms with Crippen molar-refractivity contribution in [2.24, 2.45) is 23.7 Å². The molecule has 0 saturated carbocycles. The van der Waals surface area contributed by atoms with Gasteiger partial charge in [-0.15, -0.1) is 0 Å². The van der Waals surface area contributed by atoms with E-state index >= 15 is 0 Å². The zero-order valence-electron chi connectivity index (χ0n) is 10.2. The molecule has 3 atom stereocenters. The van der Waals surface area contributed by atoms with Gasteiger partial charge in [-0.25, -0.2) is 0 Å². The van der Waals surface area contributed by atoms with E-state index in [-0.39, 0.29) is 5.92 Å². The molecule has 1 aliphatic carbocycles. The van der Waals surface area contributed by atoms with Gasteiger partial charge in [0, 0.05) is 5.92 Å². The molecule has 0 aromatic carbocycles. The predicted molar refractivity (Wildman–Crippen MR) is 64.6 cm³/mol. The van der Waals surface area contributed by atoms with E-state index in [1.807, 2.05) is 13.0 Å². The Hall–Kier alpha value is -0.850. The van der Waals surface area contributed by atoms with Crippen molar-refractivity contribution >= 4 is 5.78 Å². The topological polar surface area (TPSA) is 17.1 Å². The summed E-state index contributed by atoms with van der Waals surface area (Å²) in [5.74, 6) is 1.96. The Balaban J connectivity index is 2.88. The average Bonchev–Trinajstić information content (AvgIpc) is 2.17. The molecule has 84 valence electrons. The fourth-order valence-electron chi connectivity index (χ4n) is 2.54. The van der Waals surface area contributed by atoms with Crippen LogP contribution in [0.2, 0.25) is 0 Å². The van der Waals surface area contributed by atoms with Crippen LogP contribution in [0.3, 0.4) is 0 Å². The molecule has 0 spiro atoms. The molecular formula is C14H22O. The second-order valence-electron chi connectivity index (χ2n) is 4.86. The summed E-state index contributed by atoms with van der Waals surface area (Å²) in [4.78, 5) is 12.0. The zero-order chi connectivity index (χ0) is 11.4. The normalized spacial score (nSPS) is 31.4. The summed E-state index contributed by atoms with van der Waals surface area (Å²) >= 11 is 0. The van der Waals surface area contributed by atoms with E-state index in [1.54, 1.807) is 6.08 Å². The summed E-state index contributed by atoms with van der Waals surface area (Å²) in [5.41, 5.74) is 0. The van der Waals surface area contributed by atoms with Crippen LogP contribution in [0.25, 0.3) is 0 Å². The van der Waals surface area contributed by atoms with Crippen LogP contribution in [0.1, 0.15) is 34.1 Å². The van der Waals surface area contributed by atoms with Crippen LogP contribution in [0.15, 0.2) is 24.3 Å². The Kier molecular flexibility index (Phi) is 4.31. The minimum Gasteiger partial charge on any atom is -0.295 e. The van der Waals surface area contributed by atoms with Crippen molar-refractivity contribution in [3.05, 3.63) is 24.3 Å². The van der Waals surface area contributed by atoms with Crippen LogP contribution in [0.5, 0.6) is 0 Å². The highest BCUT2D eigenvalue weighted by Gasteiger charge is 2.33. The summed E-state index contributed by atoms with van der Waals surface area (Å²) < 4.78 is 0. The lowest BCUT2D eigenvalue weighted by molar-refractivity contribution is -0.121. The molecule has 0 N–H and O–H groups in total. The highest BCUT2D eigenvalue weighted by molar-refractivity contribution is 5.92. The molecule has 0 aromatic rings. The maximum atomic E-state index is 12.0. The molecule has 0 fully saturated rings. The summed E-state index contributed by atoms with van der Waals surface area (Å²) in [5, 5.41) is 0. The lowest BCUT2D eigenvalue weighted by Gasteiger charge is -2.34. The van der Waals surface area contributed by atoms with Crippen molar-refractivity contribution in [2.75, 3.05) is 0 Å². The summed E-state index contributed by atoms with van der Waals surface area (Å²) in [6, 6.07) is 0. The minimum atomic E-state index is 0.186. The van der Waals surface area contributed by atoms with Gasteiger partial charge in [0.1, 0.15) is 0 Å². The molecule has 1 aliphatic rings. The van der Waals surface area contributed by atoms with Gasteiger partial charge >= 0.3 is 0 Å². The van der Waals surface area contributed by atoms with Crippen LogP contribution in [-0.2, 0) is 4.79 Å². The summed E-state index contributed by atoms with van der Waals surface area (Å²) in [6.07, 6.45) is 9.05. The molecule has 1 rings (SSSR count). The molecule has 0 aromatic heterocycles. The zero-order valence-corrected chi connectivity index (χ0v) is 10.2. The number of carbonyl (C=O) groups excluding carboxylic acids is 1. The maximum Gasteiger partial charge on any atom is 0.159 e. The van der Waals surface area contributed by atoms with Gasteiger partial charge in [0.15, 0.2) is 5.78 Å². The third kappa shape index (κ3) is 2.80. The maximum absolute atomic E-state index is 12.0. The standard InChI is InChI=1S/C14H22O/c1-5-7-13(15)14-11(4)8-6-9-12(14)10(2)3/h5-8,10-12,14H,9H2,1-4H3/b7-5+. The van der Waals surface area contributed by atoms with Crippen molar-refractivity contribution in [3.63, 3.8) is 0 Å². The molecule has 3 unspecified atom stereocenters. The van der Waals surface area contributed by atoms with E-state index in [4.69, 9.17) is 0 Å². The summed E-state index contributed by atoms with van der Waals surface area (Å²) in [7, 11) is 0. The molecule has 1 nitrogen and oxygen atoms in total. The molecule has 1 heteroatoms. The second kappa shape index (κ2) is 5.29. The SMILES string of the molecule is C/C=C/C(=O)C1C(C)C=CCC1C(C)C. The van der Waals surface area contributed by atoms with E-state index in [2.05, 4.69) is 32.9 Å². The predicted octanol–water partition coefficient (Wildman–Crippen LogP) is 3.62. The smallest absolute Gasteiger partial charge is 0.159 e. The average molecular weight is 206 g/mol. The van der Waals surface area contributed by atoms with Gasteiger partial charge in [-0.1, -0.05) is 39.0 Å². The minimum absolute atomic E-state index is 0.186. The van der Waals surface area contributed by atoms with Gasteiger partial charge in [0.25, 0.3) is 0 Å². The summed E-state index contributed by atoms with van der Waals surface area (Å²) in [6.45, 7) is 8.49. The Morgan fingerprint density at radius 3 is 2.67 bits per heavy atom. The molecule has 0 radical (unpaired) electrons. The van der Waals surface area contributed by atoms with Crippen LogP contribution < -0.4 is 0 Å². The van der Waals surface area contributed by atoms with Crippen molar-refractivity contribution in [1.82, 2.24) is 0 Å². The fourth-order valence-corrected chi connectivity index (χ4v) is 2.54. The van der Waals surface area contributed by atoms with E-state index < -0.39 is 0 Å². The lowest BCUT2D eigenvalue weighted by atomic mass is 9.70. The first-order valence-corrected chi connectivity index (χ1v) is 5.91. The highest BCUT2D eigenvalue weighted by atomic mass is 16.1. The molecule has 0 aliphatic heterocycles. The van der Waals surface area contributed by atoms with Gasteiger partial charge in [-0.05, 0) is 37.2 Å². The number of rotatable bonds is 3. The van der Waals surface area contributed by atoms with Crippen LogP contribution in [0, 0.1) is 23.7 Å². The van der Waals surface area contributed by atoms with Crippen LogP contribution >= 0.6 is 0 Å². The molecule has 15 heavy (non-hydrogen) atoms. The largest absolute Gasteiger partial charge is 0.295 e. The molecule has 0 saturated heterocycles. The third-order valence-electron chi connectivity index (χ3n) is 3.39. The van der Waals surface area contributed by atoms with Gasteiger partial charge in [0.2, 0.25) is 0 Å². The van der Waals surface area contributed by atoms with Crippen LogP contribution in [-0.4, -0.2) is 5.78 Å². The molecular weight excluding hydrogens is 184 g/mol. The Morgan fingerprint density at radius 1 is 1.47 bits per heavy atom. The number of hydrogen-bond donors (Lipinski definition) is 0. The van der Waals surface area contributed by atoms with Gasteiger partial charge < -0.3 is 0 Å². The number of carbonyl (C=O) groups is 1. The lowest BCUT2D eigenvalue weighted by Crippen LogP contribution is -2.33. The first-order chi connectivity index (χ1) is 7.07. The Bertz CT molecular complexity index is 273.